The van der Waals surface area contributed by atoms with E-state index in [-0.39, 0.29) is 12.6 Å². The van der Waals surface area contributed by atoms with E-state index in [0.29, 0.717) is 11.7 Å². The molecule has 1 atom stereocenters. The maximum Gasteiger partial charge on any atom is 0.344 e. The van der Waals surface area contributed by atoms with Crippen LogP contribution in [0.5, 0.6) is 5.75 Å². The number of rotatable bonds is 8. The molecule has 0 aliphatic heterocycles. The summed E-state index contributed by atoms with van der Waals surface area (Å²) in [6.07, 6.45) is 0.742. The average Bonchev–Trinajstić information content (AvgIpc) is 2.58. The highest BCUT2D eigenvalue weighted by Gasteiger charge is 2.12. The van der Waals surface area contributed by atoms with Gasteiger partial charge in [-0.05, 0) is 37.0 Å². The summed E-state index contributed by atoms with van der Waals surface area (Å²) in [5.41, 5.74) is 1.17. The van der Waals surface area contributed by atoms with Gasteiger partial charge in [-0.25, -0.2) is 9.59 Å². The van der Waals surface area contributed by atoms with Crippen LogP contribution in [0, 0.1) is 0 Å². The Bertz CT molecular complexity index is 584. The van der Waals surface area contributed by atoms with Crippen molar-refractivity contribution in [2.75, 3.05) is 13.2 Å². The molecule has 0 aliphatic rings. The first kappa shape index (κ1) is 20.5. The van der Waals surface area contributed by atoms with E-state index >= 15 is 0 Å². The molecule has 0 aliphatic carbocycles. The van der Waals surface area contributed by atoms with Crippen molar-refractivity contribution in [1.82, 2.24) is 10.6 Å². The van der Waals surface area contributed by atoms with Crippen LogP contribution in [0.3, 0.4) is 0 Å². The molecule has 7 nitrogen and oxygen atoms in total. The number of carbonyl (C=O) groups excluding carboxylic acids is 3. The summed E-state index contributed by atoms with van der Waals surface area (Å²) in [6.45, 7) is 7.04. The number of hydrogen-bond donors (Lipinski definition) is 2. The van der Waals surface area contributed by atoms with Gasteiger partial charge in [0.05, 0.1) is 0 Å². The van der Waals surface area contributed by atoms with Gasteiger partial charge in [0.15, 0.2) is 13.2 Å². The van der Waals surface area contributed by atoms with Gasteiger partial charge >= 0.3 is 12.0 Å². The zero-order chi connectivity index (χ0) is 18.8. The molecule has 0 aromatic heterocycles. The first-order chi connectivity index (χ1) is 11.8. The standard InChI is InChI=1S/C18H26N2O5/c1-5-13(4)19-18(23)20-16(21)10-25-17(22)11-24-15-8-6-14(7-9-15)12(2)3/h6-9,12-13H,5,10-11H2,1-4H3,(H2,19,20,21,23)/t13-/m0/s1. The highest BCUT2D eigenvalue weighted by atomic mass is 16.6. The highest BCUT2D eigenvalue weighted by molar-refractivity contribution is 5.95. The Kier molecular flexibility index (Phi) is 8.46. The zero-order valence-electron chi connectivity index (χ0n) is 15.1. The second-order valence-electron chi connectivity index (χ2n) is 6.00. The van der Waals surface area contributed by atoms with E-state index in [9.17, 15) is 14.4 Å². The van der Waals surface area contributed by atoms with Crippen LogP contribution >= 0.6 is 0 Å². The van der Waals surface area contributed by atoms with Crippen LogP contribution in [0.1, 0.15) is 45.6 Å². The predicted molar refractivity (Wildman–Crippen MR) is 93.4 cm³/mol. The van der Waals surface area contributed by atoms with E-state index in [1.807, 2.05) is 26.0 Å². The maximum absolute atomic E-state index is 11.6. The van der Waals surface area contributed by atoms with Gasteiger partial charge in [0, 0.05) is 6.04 Å². The molecule has 1 aromatic carbocycles. The van der Waals surface area contributed by atoms with Gasteiger partial charge in [-0.2, -0.15) is 0 Å². The zero-order valence-corrected chi connectivity index (χ0v) is 15.1. The van der Waals surface area contributed by atoms with E-state index in [1.54, 1.807) is 12.1 Å². The summed E-state index contributed by atoms with van der Waals surface area (Å²) in [4.78, 5) is 34.5. The van der Waals surface area contributed by atoms with Crippen LogP contribution < -0.4 is 15.4 Å². The van der Waals surface area contributed by atoms with Gasteiger partial charge in [-0.3, -0.25) is 10.1 Å². The topological polar surface area (TPSA) is 93.7 Å². The molecular formula is C18H26N2O5. The third-order valence-electron chi connectivity index (χ3n) is 3.51. The van der Waals surface area contributed by atoms with Gasteiger partial charge in [0.25, 0.3) is 5.91 Å². The molecular weight excluding hydrogens is 324 g/mol. The largest absolute Gasteiger partial charge is 0.482 e. The summed E-state index contributed by atoms with van der Waals surface area (Å²) in [6, 6.07) is 6.73. The minimum atomic E-state index is -0.699. The van der Waals surface area contributed by atoms with E-state index < -0.39 is 24.5 Å². The second kappa shape index (κ2) is 10.3. The number of ether oxygens (including phenoxy) is 2. The van der Waals surface area contributed by atoms with E-state index in [1.165, 1.54) is 5.56 Å². The monoisotopic (exact) mass is 350 g/mol. The molecule has 7 heteroatoms. The number of carbonyl (C=O) groups is 3. The summed E-state index contributed by atoms with van der Waals surface area (Å²) >= 11 is 0. The van der Waals surface area contributed by atoms with Gasteiger partial charge in [0.2, 0.25) is 0 Å². The molecule has 0 radical (unpaired) electrons. The van der Waals surface area contributed by atoms with Crippen LogP contribution in [-0.4, -0.2) is 37.2 Å². The molecule has 1 aromatic rings. The lowest BCUT2D eigenvalue weighted by atomic mass is 10.0. The fourth-order valence-electron chi connectivity index (χ4n) is 1.80. The summed E-state index contributed by atoms with van der Waals surface area (Å²) < 4.78 is 10.1. The fraction of sp³-hybridized carbons (Fsp3) is 0.500. The number of hydrogen-bond acceptors (Lipinski definition) is 5. The maximum atomic E-state index is 11.6. The fourth-order valence-corrected chi connectivity index (χ4v) is 1.80. The van der Waals surface area contributed by atoms with Crippen LogP contribution in [0.4, 0.5) is 4.79 Å². The van der Waals surface area contributed by atoms with Crippen LogP contribution in [-0.2, 0) is 14.3 Å². The van der Waals surface area contributed by atoms with Gasteiger partial charge < -0.3 is 14.8 Å². The molecule has 0 saturated carbocycles. The van der Waals surface area contributed by atoms with E-state index in [2.05, 4.69) is 24.5 Å². The second-order valence-corrected chi connectivity index (χ2v) is 6.00. The number of nitrogens with one attached hydrogen (secondary N) is 2. The predicted octanol–water partition coefficient (Wildman–Crippen LogP) is 2.36. The molecule has 0 heterocycles. The van der Waals surface area contributed by atoms with Crippen LogP contribution in [0.25, 0.3) is 0 Å². The first-order valence-electron chi connectivity index (χ1n) is 8.30. The van der Waals surface area contributed by atoms with Crippen molar-refractivity contribution in [3.05, 3.63) is 29.8 Å². The van der Waals surface area contributed by atoms with Gasteiger partial charge in [0.1, 0.15) is 5.75 Å². The third kappa shape index (κ3) is 8.19. The number of imide groups is 1. The number of amides is 3. The van der Waals surface area contributed by atoms with Crippen molar-refractivity contribution in [2.45, 2.75) is 46.1 Å². The molecule has 0 spiro atoms. The SMILES string of the molecule is CC[C@H](C)NC(=O)NC(=O)COC(=O)COc1ccc(C(C)C)cc1. The molecule has 2 N–H and O–H groups in total. The lowest BCUT2D eigenvalue weighted by Gasteiger charge is -2.12. The Labute approximate surface area is 148 Å². The number of urea groups is 1. The van der Waals surface area contributed by atoms with Crippen molar-refractivity contribution in [3.63, 3.8) is 0 Å². The Hall–Kier alpha value is -2.57. The number of esters is 1. The van der Waals surface area contributed by atoms with Crippen molar-refractivity contribution < 1.29 is 23.9 Å². The Morgan fingerprint density at radius 1 is 1.04 bits per heavy atom. The lowest BCUT2D eigenvalue weighted by molar-refractivity contribution is -0.150. The van der Waals surface area contributed by atoms with Crippen molar-refractivity contribution in [1.29, 1.82) is 0 Å². The number of benzene rings is 1. The normalized spacial score (nSPS) is 11.6. The van der Waals surface area contributed by atoms with Crippen molar-refractivity contribution in [3.8, 4) is 5.75 Å². The van der Waals surface area contributed by atoms with E-state index in [4.69, 9.17) is 9.47 Å². The Morgan fingerprint density at radius 3 is 2.24 bits per heavy atom. The third-order valence-corrected chi connectivity index (χ3v) is 3.51. The molecule has 3 amide bonds. The average molecular weight is 350 g/mol. The summed E-state index contributed by atoms with van der Waals surface area (Å²) in [5, 5.41) is 4.66. The molecule has 0 unspecified atom stereocenters. The molecule has 1 rings (SSSR count). The van der Waals surface area contributed by atoms with Crippen LogP contribution in [0.2, 0.25) is 0 Å². The smallest absolute Gasteiger partial charge is 0.344 e. The quantitative estimate of drug-likeness (QED) is 0.702. The molecule has 0 bridgehead atoms. The molecule has 0 fully saturated rings. The Balaban J connectivity index is 2.28. The van der Waals surface area contributed by atoms with Crippen molar-refractivity contribution >= 4 is 17.9 Å². The summed E-state index contributed by atoms with van der Waals surface area (Å²) in [7, 11) is 0. The van der Waals surface area contributed by atoms with Crippen LogP contribution in [0.15, 0.2) is 24.3 Å². The highest BCUT2D eigenvalue weighted by Crippen LogP contribution is 2.18. The molecule has 0 saturated heterocycles. The minimum Gasteiger partial charge on any atom is -0.482 e. The first-order valence-corrected chi connectivity index (χ1v) is 8.30. The van der Waals surface area contributed by atoms with Gasteiger partial charge in [-0.1, -0.05) is 32.9 Å². The van der Waals surface area contributed by atoms with E-state index in [0.717, 1.165) is 6.42 Å². The van der Waals surface area contributed by atoms with Crippen molar-refractivity contribution in [2.24, 2.45) is 0 Å². The molecule has 25 heavy (non-hydrogen) atoms. The molecule has 138 valence electrons. The minimum absolute atomic E-state index is 0.0502. The Morgan fingerprint density at radius 2 is 1.68 bits per heavy atom. The van der Waals surface area contributed by atoms with Gasteiger partial charge in [-0.15, -0.1) is 0 Å². The lowest BCUT2D eigenvalue weighted by Crippen LogP contribution is -2.44. The summed E-state index contributed by atoms with van der Waals surface area (Å²) in [5.74, 6) is -0.436.